The minimum Gasteiger partial charge on any atom is -0.313 e. The van der Waals surface area contributed by atoms with Crippen LogP contribution in [0.4, 0.5) is 8.78 Å². The Morgan fingerprint density at radius 3 is 2.68 bits per heavy atom. The summed E-state index contributed by atoms with van der Waals surface area (Å²) < 4.78 is 29.5. The van der Waals surface area contributed by atoms with Crippen LogP contribution in [0.25, 0.3) is 10.9 Å². The number of hydrogen-bond donors (Lipinski definition) is 1. The lowest BCUT2D eigenvalue weighted by Gasteiger charge is -2.23. The van der Waals surface area contributed by atoms with Crippen molar-refractivity contribution in [3.63, 3.8) is 0 Å². The van der Waals surface area contributed by atoms with Crippen molar-refractivity contribution in [1.29, 1.82) is 0 Å². The number of halogens is 2. The van der Waals surface area contributed by atoms with Crippen LogP contribution >= 0.6 is 0 Å². The van der Waals surface area contributed by atoms with Gasteiger partial charge in [0.1, 0.15) is 5.82 Å². The number of rotatable bonds is 2. The largest absolute Gasteiger partial charge is 0.313 e. The number of nitrogens with one attached hydrogen (secondary N) is 1. The topological polar surface area (TPSA) is 46.9 Å². The molecule has 2 aliphatic rings. The van der Waals surface area contributed by atoms with Crippen LogP contribution < -0.4 is 10.9 Å². The van der Waals surface area contributed by atoms with E-state index in [1.165, 1.54) is 0 Å². The van der Waals surface area contributed by atoms with Gasteiger partial charge in [-0.1, -0.05) is 6.07 Å². The Labute approximate surface area is 145 Å². The Hall–Kier alpha value is -1.82. The van der Waals surface area contributed by atoms with Crippen LogP contribution in [-0.2, 0) is 12.0 Å². The molecular weight excluding hydrogens is 324 g/mol. The molecule has 0 amide bonds. The number of aryl methyl sites for hydroxylation is 1. The number of fused-ring (bicyclic) bond motifs is 3. The minimum atomic E-state index is -2.66. The van der Waals surface area contributed by atoms with E-state index in [0.29, 0.717) is 36.1 Å². The van der Waals surface area contributed by atoms with E-state index in [1.54, 1.807) is 4.57 Å². The number of alkyl halides is 2. The molecule has 6 heteroatoms. The van der Waals surface area contributed by atoms with Gasteiger partial charge in [0, 0.05) is 30.8 Å². The van der Waals surface area contributed by atoms with Gasteiger partial charge in [-0.3, -0.25) is 9.36 Å². The average molecular weight is 347 g/mol. The van der Waals surface area contributed by atoms with E-state index in [1.807, 2.05) is 33.0 Å². The van der Waals surface area contributed by atoms with Crippen LogP contribution in [0.2, 0.25) is 0 Å². The lowest BCUT2D eigenvalue weighted by Crippen LogP contribution is -2.28. The first kappa shape index (κ1) is 16.6. The summed E-state index contributed by atoms with van der Waals surface area (Å²) in [6.45, 7) is 4.46. The van der Waals surface area contributed by atoms with Gasteiger partial charge in [-0.25, -0.2) is 13.8 Å². The Morgan fingerprint density at radius 2 is 2.04 bits per heavy atom. The van der Waals surface area contributed by atoms with E-state index >= 15 is 0 Å². The first-order valence-electron chi connectivity index (χ1n) is 8.87. The fourth-order valence-electron chi connectivity index (χ4n) is 4.54. The highest BCUT2D eigenvalue weighted by Gasteiger charge is 2.54. The molecule has 1 aromatic carbocycles. The zero-order chi connectivity index (χ0) is 18.0. The maximum absolute atomic E-state index is 13.9. The molecule has 134 valence electrons. The van der Waals surface area contributed by atoms with Crippen LogP contribution in [0.3, 0.4) is 0 Å². The maximum Gasteiger partial charge on any atom is 0.261 e. The molecule has 0 bridgehead atoms. The summed E-state index contributed by atoms with van der Waals surface area (Å²) in [5.41, 5.74) is 1.86. The van der Waals surface area contributed by atoms with Gasteiger partial charge in [0.05, 0.1) is 10.9 Å². The lowest BCUT2D eigenvalue weighted by atomic mass is 9.84. The highest BCUT2D eigenvalue weighted by Crippen LogP contribution is 2.52. The fourth-order valence-corrected chi connectivity index (χ4v) is 4.54. The third-order valence-electron chi connectivity index (χ3n) is 5.99. The summed E-state index contributed by atoms with van der Waals surface area (Å²) >= 11 is 0. The van der Waals surface area contributed by atoms with Crippen molar-refractivity contribution >= 4 is 10.9 Å². The summed E-state index contributed by atoms with van der Waals surface area (Å²) in [7, 11) is 1.86. The highest BCUT2D eigenvalue weighted by atomic mass is 19.3. The first-order chi connectivity index (χ1) is 11.8. The van der Waals surface area contributed by atoms with E-state index in [9.17, 15) is 13.6 Å². The van der Waals surface area contributed by atoms with Crippen molar-refractivity contribution in [1.82, 2.24) is 14.9 Å². The standard InChI is InChI=1S/C19H23F2N3O/c1-11-8-13(12(2)22-3)15-14(9-11)16(25)24-7-6-18(17(24)23-15)4-5-19(20,21)10-18/h8-9,12,22H,4-7,10H2,1-3H3/t12-,18-/m1/s1. The molecule has 2 heterocycles. The average Bonchev–Trinajstić information content (AvgIpc) is 3.07. The van der Waals surface area contributed by atoms with Crippen LogP contribution in [-0.4, -0.2) is 22.5 Å². The molecule has 4 rings (SSSR count). The third-order valence-corrected chi connectivity index (χ3v) is 5.99. The predicted molar refractivity (Wildman–Crippen MR) is 93.3 cm³/mol. The molecule has 0 saturated heterocycles. The van der Waals surface area contributed by atoms with Crippen molar-refractivity contribution in [2.45, 2.75) is 63.5 Å². The number of benzene rings is 1. The number of aromatic nitrogens is 2. The second-order valence-electron chi connectivity index (χ2n) is 7.72. The van der Waals surface area contributed by atoms with Crippen molar-refractivity contribution in [3.8, 4) is 0 Å². The van der Waals surface area contributed by atoms with Crippen LogP contribution in [0, 0.1) is 6.92 Å². The Kier molecular flexibility index (Phi) is 3.55. The molecule has 1 saturated carbocycles. The summed E-state index contributed by atoms with van der Waals surface area (Å²) in [4.78, 5) is 17.9. The van der Waals surface area contributed by atoms with Gasteiger partial charge in [0.15, 0.2) is 0 Å². The molecule has 0 unspecified atom stereocenters. The molecule has 0 radical (unpaired) electrons. The van der Waals surface area contributed by atoms with Gasteiger partial charge in [-0.2, -0.15) is 0 Å². The van der Waals surface area contributed by atoms with Crippen molar-refractivity contribution in [2.75, 3.05) is 7.05 Å². The van der Waals surface area contributed by atoms with Gasteiger partial charge in [-0.15, -0.1) is 0 Å². The SMILES string of the molecule is CN[C@H](C)c1cc(C)cc2c(=O)n3c(nc12)[C@@]1(CC3)CCC(F)(F)C1. The van der Waals surface area contributed by atoms with Crippen LogP contribution in [0.5, 0.6) is 0 Å². The third kappa shape index (κ3) is 2.41. The Balaban J connectivity index is 2.00. The van der Waals surface area contributed by atoms with Crippen LogP contribution in [0.1, 0.15) is 55.6 Å². The Bertz CT molecular complexity index is 921. The molecule has 2 atom stereocenters. The molecule has 1 spiro atoms. The maximum atomic E-state index is 13.9. The molecule has 4 nitrogen and oxygen atoms in total. The highest BCUT2D eigenvalue weighted by molar-refractivity contribution is 5.82. The normalized spacial score (nSPS) is 25.6. The number of hydrogen-bond acceptors (Lipinski definition) is 3. The summed E-state index contributed by atoms with van der Waals surface area (Å²) in [6.07, 6.45) is 0.674. The van der Waals surface area contributed by atoms with Crippen LogP contribution in [0.15, 0.2) is 16.9 Å². The van der Waals surface area contributed by atoms with E-state index in [4.69, 9.17) is 4.98 Å². The van der Waals surface area contributed by atoms with Gasteiger partial charge < -0.3 is 5.32 Å². The van der Waals surface area contributed by atoms with Crippen molar-refractivity contribution < 1.29 is 8.78 Å². The quantitative estimate of drug-likeness (QED) is 0.905. The lowest BCUT2D eigenvalue weighted by molar-refractivity contribution is 0.00242. The van der Waals surface area contributed by atoms with Gasteiger partial charge in [-0.05, 0) is 50.9 Å². The van der Waals surface area contributed by atoms with Gasteiger partial charge in [0.2, 0.25) is 5.92 Å². The van der Waals surface area contributed by atoms with E-state index < -0.39 is 11.3 Å². The summed E-state index contributed by atoms with van der Waals surface area (Å²) in [5.74, 6) is -2.09. The van der Waals surface area contributed by atoms with Crippen molar-refractivity contribution in [3.05, 3.63) is 39.4 Å². The first-order valence-corrected chi connectivity index (χ1v) is 8.87. The van der Waals surface area contributed by atoms with E-state index in [-0.39, 0.29) is 24.4 Å². The van der Waals surface area contributed by atoms with Gasteiger partial charge in [0.25, 0.3) is 5.56 Å². The summed E-state index contributed by atoms with van der Waals surface area (Å²) in [5, 5.41) is 3.78. The van der Waals surface area contributed by atoms with E-state index in [0.717, 1.165) is 11.1 Å². The van der Waals surface area contributed by atoms with E-state index in [2.05, 4.69) is 5.32 Å². The smallest absolute Gasteiger partial charge is 0.261 e. The second-order valence-corrected chi connectivity index (χ2v) is 7.72. The van der Waals surface area contributed by atoms with Crippen molar-refractivity contribution in [2.24, 2.45) is 0 Å². The summed E-state index contributed by atoms with van der Waals surface area (Å²) in [6, 6.07) is 3.91. The molecule has 1 fully saturated rings. The minimum absolute atomic E-state index is 0.0275. The predicted octanol–water partition coefficient (Wildman–Crippen LogP) is 3.45. The molecule has 1 aliphatic carbocycles. The molecular formula is C19H23F2N3O. The Morgan fingerprint density at radius 1 is 1.28 bits per heavy atom. The molecule has 1 aromatic heterocycles. The molecule has 1 N–H and O–H groups in total. The zero-order valence-electron chi connectivity index (χ0n) is 14.8. The van der Waals surface area contributed by atoms with Gasteiger partial charge >= 0.3 is 0 Å². The zero-order valence-corrected chi connectivity index (χ0v) is 14.8. The molecule has 2 aromatic rings. The monoisotopic (exact) mass is 347 g/mol. The molecule has 1 aliphatic heterocycles. The number of nitrogens with zero attached hydrogens (tertiary/aromatic N) is 2. The molecule has 25 heavy (non-hydrogen) atoms. The fraction of sp³-hybridized carbons (Fsp3) is 0.579. The second kappa shape index (κ2) is 5.34.